The monoisotopic (exact) mass is 444 g/mol. The van der Waals surface area contributed by atoms with E-state index in [1.54, 1.807) is 51.2 Å². The first-order valence-corrected chi connectivity index (χ1v) is 9.78. The number of hydrogen-bond donors (Lipinski definition) is 2. The van der Waals surface area contributed by atoms with Crippen molar-refractivity contribution in [3.8, 4) is 11.4 Å². The van der Waals surface area contributed by atoms with Gasteiger partial charge in [0.1, 0.15) is 6.10 Å². The maximum atomic E-state index is 12.5. The average Bonchev–Trinajstić information content (AvgIpc) is 3.09. The summed E-state index contributed by atoms with van der Waals surface area (Å²) in [6.45, 7) is 3.70. The Morgan fingerprint density at radius 2 is 1.94 bits per heavy atom. The van der Waals surface area contributed by atoms with E-state index in [1.807, 2.05) is 6.07 Å². The summed E-state index contributed by atoms with van der Waals surface area (Å²) in [7, 11) is 1.63. The van der Waals surface area contributed by atoms with E-state index in [0.29, 0.717) is 33.5 Å². The number of halogens is 1. The highest BCUT2D eigenvalue weighted by Crippen LogP contribution is 2.27. The quantitative estimate of drug-likeness (QED) is 0.577. The van der Waals surface area contributed by atoms with Crippen molar-refractivity contribution < 1.29 is 19.1 Å². The largest absolute Gasteiger partial charge is 0.450 e. The lowest BCUT2D eigenvalue weighted by Crippen LogP contribution is -2.18. The SMILES string of the molecule is CCOC(=O)Nc1ccc(-c2nnn(C)c2NC(=O)O[C@H](C)c2ccccc2Cl)nc1. The summed E-state index contributed by atoms with van der Waals surface area (Å²) in [4.78, 5) is 28.2. The van der Waals surface area contributed by atoms with E-state index in [1.165, 1.54) is 10.9 Å². The zero-order valence-electron chi connectivity index (χ0n) is 17.1. The fourth-order valence-electron chi connectivity index (χ4n) is 2.72. The number of aromatic nitrogens is 4. The number of carbonyl (C=O) groups is 2. The van der Waals surface area contributed by atoms with E-state index in [4.69, 9.17) is 21.1 Å². The first kappa shape index (κ1) is 22.0. The molecule has 0 saturated heterocycles. The van der Waals surface area contributed by atoms with Crippen LogP contribution >= 0.6 is 11.6 Å². The average molecular weight is 445 g/mol. The van der Waals surface area contributed by atoms with Crippen LogP contribution in [0.1, 0.15) is 25.5 Å². The highest BCUT2D eigenvalue weighted by molar-refractivity contribution is 6.31. The van der Waals surface area contributed by atoms with Gasteiger partial charge in [0.15, 0.2) is 11.5 Å². The van der Waals surface area contributed by atoms with E-state index in [-0.39, 0.29) is 6.61 Å². The highest BCUT2D eigenvalue weighted by Gasteiger charge is 2.20. The van der Waals surface area contributed by atoms with Gasteiger partial charge in [-0.2, -0.15) is 0 Å². The third-order valence-electron chi connectivity index (χ3n) is 4.20. The molecule has 0 unspecified atom stereocenters. The van der Waals surface area contributed by atoms with Crippen molar-refractivity contribution in [3.05, 3.63) is 53.2 Å². The summed E-state index contributed by atoms with van der Waals surface area (Å²) in [6, 6.07) is 10.4. The third kappa shape index (κ3) is 5.48. The number of hydrogen-bond acceptors (Lipinski definition) is 7. The van der Waals surface area contributed by atoms with Gasteiger partial charge in [-0.1, -0.05) is 35.0 Å². The molecule has 3 aromatic rings. The molecule has 0 aliphatic carbocycles. The predicted molar refractivity (Wildman–Crippen MR) is 115 cm³/mol. The van der Waals surface area contributed by atoms with Crippen LogP contribution in [-0.2, 0) is 16.5 Å². The van der Waals surface area contributed by atoms with Crippen molar-refractivity contribution in [2.75, 3.05) is 17.2 Å². The van der Waals surface area contributed by atoms with Crippen LogP contribution in [0.3, 0.4) is 0 Å². The minimum atomic E-state index is -0.695. The molecule has 1 aromatic carbocycles. The molecule has 2 amide bonds. The second-order valence-corrected chi connectivity index (χ2v) is 6.79. The number of benzene rings is 1. The molecule has 0 aliphatic heterocycles. The normalized spacial score (nSPS) is 11.5. The number of nitrogens with one attached hydrogen (secondary N) is 2. The number of aryl methyl sites for hydroxylation is 1. The van der Waals surface area contributed by atoms with Gasteiger partial charge in [-0.25, -0.2) is 14.3 Å². The van der Waals surface area contributed by atoms with Gasteiger partial charge in [0.25, 0.3) is 0 Å². The number of anilines is 2. The van der Waals surface area contributed by atoms with E-state index in [9.17, 15) is 9.59 Å². The molecule has 0 aliphatic rings. The minimum Gasteiger partial charge on any atom is -0.450 e. The van der Waals surface area contributed by atoms with Crippen LogP contribution in [-0.4, -0.2) is 38.8 Å². The Hall–Kier alpha value is -3.66. The smallest absolute Gasteiger partial charge is 0.413 e. The predicted octanol–water partition coefficient (Wildman–Crippen LogP) is 4.41. The molecule has 31 heavy (non-hydrogen) atoms. The molecule has 2 N–H and O–H groups in total. The summed E-state index contributed by atoms with van der Waals surface area (Å²) in [5, 5.41) is 13.7. The van der Waals surface area contributed by atoms with Crippen molar-refractivity contribution >= 4 is 35.3 Å². The lowest BCUT2D eigenvalue weighted by atomic mass is 10.1. The zero-order chi connectivity index (χ0) is 22.4. The summed E-state index contributed by atoms with van der Waals surface area (Å²) in [5.41, 5.74) is 1.92. The number of carbonyl (C=O) groups excluding carboxylic acids is 2. The Morgan fingerprint density at radius 1 is 1.16 bits per heavy atom. The summed E-state index contributed by atoms with van der Waals surface area (Å²) >= 11 is 6.16. The van der Waals surface area contributed by atoms with Crippen molar-refractivity contribution in [1.82, 2.24) is 20.0 Å². The summed E-state index contributed by atoms with van der Waals surface area (Å²) in [5.74, 6) is 0.301. The zero-order valence-corrected chi connectivity index (χ0v) is 17.9. The van der Waals surface area contributed by atoms with Gasteiger partial charge in [-0.05, 0) is 32.0 Å². The first-order valence-electron chi connectivity index (χ1n) is 9.41. The van der Waals surface area contributed by atoms with Crippen molar-refractivity contribution in [2.45, 2.75) is 20.0 Å². The van der Waals surface area contributed by atoms with E-state index in [0.717, 1.165) is 0 Å². The second-order valence-electron chi connectivity index (χ2n) is 6.38. The maximum Gasteiger partial charge on any atom is 0.413 e. The molecule has 0 radical (unpaired) electrons. The molecule has 2 heterocycles. The number of nitrogens with zero attached hydrogens (tertiary/aromatic N) is 4. The fourth-order valence-corrected chi connectivity index (χ4v) is 3.01. The number of amides is 2. The third-order valence-corrected chi connectivity index (χ3v) is 4.55. The van der Waals surface area contributed by atoms with E-state index < -0.39 is 18.3 Å². The maximum absolute atomic E-state index is 12.5. The molecule has 2 aromatic heterocycles. The molecule has 162 valence electrons. The molecule has 10 nitrogen and oxygen atoms in total. The molecule has 0 saturated carbocycles. The number of ether oxygens (including phenoxy) is 2. The van der Waals surface area contributed by atoms with Gasteiger partial charge in [-0.15, -0.1) is 5.10 Å². The van der Waals surface area contributed by atoms with Crippen LogP contribution in [0.15, 0.2) is 42.6 Å². The van der Waals surface area contributed by atoms with Gasteiger partial charge < -0.3 is 9.47 Å². The number of pyridine rings is 1. The highest BCUT2D eigenvalue weighted by atomic mass is 35.5. The van der Waals surface area contributed by atoms with Crippen molar-refractivity contribution in [3.63, 3.8) is 0 Å². The van der Waals surface area contributed by atoms with Gasteiger partial charge in [0, 0.05) is 17.6 Å². The minimum absolute atomic E-state index is 0.261. The Kier molecular flexibility index (Phi) is 7.03. The van der Waals surface area contributed by atoms with E-state index in [2.05, 4.69) is 25.9 Å². The van der Waals surface area contributed by atoms with Crippen molar-refractivity contribution in [1.29, 1.82) is 0 Å². The lowest BCUT2D eigenvalue weighted by Gasteiger charge is -2.15. The molecule has 3 rings (SSSR count). The van der Waals surface area contributed by atoms with Crippen LogP contribution < -0.4 is 10.6 Å². The van der Waals surface area contributed by atoms with Crippen LogP contribution in [0.5, 0.6) is 0 Å². The first-order chi connectivity index (χ1) is 14.9. The molecule has 1 atom stereocenters. The Bertz CT molecular complexity index is 1070. The molecule has 0 spiro atoms. The molecular formula is C20H21ClN6O4. The lowest BCUT2D eigenvalue weighted by molar-refractivity contribution is 0.121. The van der Waals surface area contributed by atoms with Crippen LogP contribution in [0.2, 0.25) is 5.02 Å². The molecule has 11 heteroatoms. The number of rotatable bonds is 6. The van der Waals surface area contributed by atoms with E-state index >= 15 is 0 Å². The van der Waals surface area contributed by atoms with Crippen LogP contribution in [0.25, 0.3) is 11.4 Å². The molecule has 0 fully saturated rings. The summed E-state index contributed by atoms with van der Waals surface area (Å²) in [6.07, 6.45) is -0.388. The fraction of sp³-hybridized carbons (Fsp3) is 0.250. The second kappa shape index (κ2) is 9.90. The van der Waals surface area contributed by atoms with Crippen LogP contribution in [0, 0.1) is 0 Å². The summed E-state index contributed by atoms with van der Waals surface area (Å²) < 4.78 is 11.7. The van der Waals surface area contributed by atoms with Gasteiger partial charge in [-0.3, -0.25) is 15.6 Å². The van der Waals surface area contributed by atoms with Crippen molar-refractivity contribution in [2.24, 2.45) is 7.05 Å². The Balaban J connectivity index is 1.71. The topological polar surface area (TPSA) is 120 Å². The van der Waals surface area contributed by atoms with Gasteiger partial charge >= 0.3 is 12.2 Å². The van der Waals surface area contributed by atoms with Gasteiger partial charge in [0.2, 0.25) is 0 Å². The van der Waals surface area contributed by atoms with Crippen LogP contribution in [0.4, 0.5) is 21.1 Å². The molecular weight excluding hydrogens is 424 g/mol. The standard InChI is InChI=1S/C20H21ClN6O4/c1-4-30-19(28)23-13-9-10-16(22-11-13)17-18(27(3)26-25-17)24-20(29)31-12(2)14-7-5-6-8-15(14)21/h5-12H,4H2,1-3H3,(H,23,28)(H,24,29)/t12-/m1/s1. The molecule has 0 bridgehead atoms. The Morgan fingerprint density at radius 3 is 2.61 bits per heavy atom. The Labute approximate surface area is 183 Å². The van der Waals surface area contributed by atoms with Gasteiger partial charge in [0.05, 0.1) is 24.2 Å².